The molecule has 0 radical (unpaired) electrons. The Morgan fingerprint density at radius 3 is 2.58 bits per heavy atom. The normalized spacial score (nSPS) is 16.7. The summed E-state index contributed by atoms with van der Waals surface area (Å²) in [4.78, 5) is 7.34. The van der Waals surface area contributed by atoms with Gasteiger partial charge in [0.15, 0.2) is 5.96 Å². The van der Waals surface area contributed by atoms with E-state index in [0.717, 1.165) is 38.1 Å². The number of likely N-dealkylation sites (tertiary alicyclic amines) is 1. The van der Waals surface area contributed by atoms with Crippen LogP contribution in [-0.4, -0.2) is 50.3 Å². The van der Waals surface area contributed by atoms with E-state index in [9.17, 15) is 0 Å². The van der Waals surface area contributed by atoms with E-state index in [1.807, 2.05) is 6.92 Å². The van der Waals surface area contributed by atoms with Crippen LogP contribution in [0.3, 0.4) is 0 Å². The summed E-state index contributed by atoms with van der Waals surface area (Å²) >= 11 is 0. The lowest BCUT2D eigenvalue weighted by Gasteiger charge is -2.30. The fraction of sp³-hybridized carbons (Fsp3) is 0.667. The average molecular weight is 361 g/mol. The zero-order valence-electron chi connectivity index (χ0n) is 16.8. The summed E-state index contributed by atoms with van der Waals surface area (Å²) in [6, 6.07) is 8.70. The Morgan fingerprint density at radius 2 is 1.88 bits per heavy atom. The summed E-state index contributed by atoms with van der Waals surface area (Å²) in [5.41, 5.74) is 2.71. The number of ether oxygens (including phenoxy) is 1. The van der Waals surface area contributed by atoms with Gasteiger partial charge in [-0.25, -0.2) is 4.99 Å². The summed E-state index contributed by atoms with van der Waals surface area (Å²) in [5, 5.41) is 6.64. The van der Waals surface area contributed by atoms with Crippen LogP contribution in [0.4, 0.5) is 0 Å². The third-order valence-electron chi connectivity index (χ3n) is 4.88. The molecule has 146 valence electrons. The predicted octanol–water partition coefficient (Wildman–Crippen LogP) is 3.01. The van der Waals surface area contributed by atoms with E-state index < -0.39 is 0 Å². The molecule has 0 atom stereocenters. The number of benzene rings is 1. The van der Waals surface area contributed by atoms with E-state index in [0.29, 0.717) is 13.2 Å². The molecule has 0 spiro atoms. The third kappa shape index (κ3) is 7.34. The molecule has 26 heavy (non-hydrogen) atoms. The molecule has 0 aromatic heterocycles. The largest absolute Gasteiger partial charge is 0.380 e. The highest BCUT2D eigenvalue weighted by molar-refractivity contribution is 5.79. The van der Waals surface area contributed by atoms with Crippen LogP contribution in [0.15, 0.2) is 29.3 Å². The number of aliphatic imine (C=N–C) groups is 1. The lowest BCUT2D eigenvalue weighted by Crippen LogP contribution is -2.39. The maximum atomic E-state index is 5.39. The van der Waals surface area contributed by atoms with Crippen molar-refractivity contribution in [1.82, 2.24) is 15.5 Å². The van der Waals surface area contributed by atoms with Crippen LogP contribution in [-0.2, 0) is 17.8 Å². The number of hydrogen-bond acceptors (Lipinski definition) is 3. The molecular formula is C21H36N4O. The number of guanidine groups is 1. The number of hydrogen-bond donors (Lipinski definition) is 2. The lowest BCUT2D eigenvalue weighted by atomic mass is 9.98. The second-order valence-electron chi connectivity index (χ2n) is 7.05. The molecule has 0 aliphatic carbocycles. The summed E-state index contributed by atoms with van der Waals surface area (Å²) < 4.78 is 5.39. The molecule has 5 nitrogen and oxygen atoms in total. The van der Waals surface area contributed by atoms with Gasteiger partial charge in [0.1, 0.15) is 0 Å². The molecule has 1 aromatic rings. The Labute approximate surface area is 159 Å². The molecule has 2 rings (SSSR count). The van der Waals surface area contributed by atoms with Crippen LogP contribution in [0.25, 0.3) is 0 Å². The first-order valence-corrected chi connectivity index (χ1v) is 10.1. The Bertz CT molecular complexity index is 539. The van der Waals surface area contributed by atoms with Gasteiger partial charge >= 0.3 is 0 Å². The van der Waals surface area contributed by atoms with Crippen molar-refractivity contribution < 1.29 is 4.74 Å². The molecule has 0 saturated carbocycles. The van der Waals surface area contributed by atoms with Crippen molar-refractivity contribution >= 4 is 5.96 Å². The van der Waals surface area contributed by atoms with E-state index in [2.05, 4.69) is 53.6 Å². The van der Waals surface area contributed by atoms with Gasteiger partial charge in [0.05, 0.1) is 13.2 Å². The maximum Gasteiger partial charge on any atom is 0.191 e. The van der Waals surface area contributed by atoms with Crippen LogP contribution >= 0.6 is 0 Å². The molecule has 1 aliphatic heterocycles. The van der Waals surface area contributed by atoms with Gasteiger partial charge in [-0.3, -0.25) is 4.90 Å². The minimum atomic E-state index is 0.699. The van der Waals surface area contributed by atoms with Crippen molar-refractivity contribution in [2.75, 3.05) is 39.4 Å². The van der Waals surface area contributed by atoms with E-state index in [1.54, 1.807) is 0 Å². The Hall–Kier alpha value is -1.59. The van der Waals surface area contributed by atoms with Crippen LogP contribution in [0.2, 0.25) is 0 Å². The first-order valence-electron chi connectivity index (χ1n) is 10.1. The second-order valence-corrected chi connectivity index (χ2v) is 7.05. The standard InChI is InChI=1S/C21H36N4O/c1-4-22-21(23-12-15-26-5-2)24-16-19-8-6-7-9-20(19)17-25-13-10-18(3)11-14-25/h6-9,18H,4-5,10-17H2,1-3H3,(H2,22,23,24). The van der Waals surface area contributed by atoms with Gasteiger partial charge in [-0.1, -0.05) is 31.2 Å². The number of rotatable bonds is 9. The number of piperidine rings is 1. The Kier molecular flexibility index (Phi) is 9.50. The summed E-state index contributed by atoms with van der Waals surface area (Å²) in [7, 11) is 0. The molecule has 1 heterocycles. The molecule has 5 heteroatoms. The zero-order chi connectivity index (χ0) is 18.6. The minimum absolute atomic E-state index is 0.699. The number of nitrogens with zero attached hydrogens (tertiary/aromatic N) is 2. The highest BCUT2D eigenvalue weighted by atomic mass is 16.5. The summed E-state index contributed by atoms with van der Waals surface area (Å²) in [6.45, 7) is 13.7. The smallest absolute Gasteiger partial charge is 0.191 e. The van der Waals surface area contributed by atoms with Crippen LogP contribution in [0.5, 0.6) is 0 Å². The predicted molar refractivity (Wildman–Crippen MR) is 109 cm³/mol. The van der Waals surface area contributed by atoms with Gasteiger partial charge in [0, 0.05) is 26.2 Å². The minimum Gasteiger partial charge on any atom is -0.380 e. The molecule has 0 unspecified atom stereocenters. The lowest BCUT2D eigenvalue weighted by molar-refractivity contribution is 0.152. The monoisotopic (exact) mass is 360 g/mol. The number of nitrogens with one attached hydrogen (secondary N) is 2. The van der Waals surface area contributed by atoms with E-state index in [4.69, 9.17) is 9.73 Å². The van der Waals surface area contributed by atoms with Crippen LogP contribution in [0.1, 0.15) is 44.7 Å². The molecule has 1 aliphatic rings. The highest BCUT2D eigenvalue weighted by Crippen LogP contribution is 2.20. The van der Waals surface area contributed by atoms with Gasteiger partial charge in [-0.05, 0) is 56.8 Å². The van der Waals surface area contributed by atoms with Crippen molar-refractivity contribution in [2.45, 2.75) is 46.7 Å². The van der Waals surface area contributed by atoms with Gasteiger partial charge in [-0.15, -0.1) is 0 Å². The van der Waals surface area contributed by atoms with Gasteiger partial charge in [0.2, 0.25) is 0 Å². The van der Waals surface area contributed by atoms with Gasteiger partial charge < -0.3 is 15.4 Å². The van der Waals surface area contributed by atoms with Crippen molar-refractivity contribution in [2.24, 2.45) is 10.9 Å². The van der Waals surface area contributed by atoms with Crippen molar-refractivity contribution in [3.8, 4) is 0 Å². The molecule has 2 N–H and O–H groups in total. The first-order chi connectivity index (χ1) is 12.7. The molecule has 1 saturated heterocycles. The maximum absolute atomic E-state index is 5.39. The fourth-order valence-corrected chi connectivity index (χ4v) is 3.22. The third-order valence-corrected chi connectivity index (χ3v) is 4.88. The average Bonchev–Trinajstić information content (AvgIpc) is 2.66. The van der Waals surface area contributed by atoms with Gasteiger partial charge in [-0.2, -0.15) is 0 Å². The Morgan fingerprint density at radius 1 is 1.15 bits per heavy atom. The van der Waals surface area contributed by atoms with E-state index in [1.165, 1.54) is 37.1 Å². The summed E-state index contributed by atoms with van der Waals surface area (Å²) in [6.07, 6.45) is 2.63. The molecule has 1 aromatic carbocycles. The highest BCUT2D eigenvalue weighted by Gasteiger charge is 2.16. The molecule has 0 bridgehead atoms. The fourth-order valence-electron chi connectivity index (χ4n) is 3.22. The Balaban J connectivity index is 1.94. The van der Waals surface area contributed by atoms with Crippen LogP contribution < -0.4 is 10.6 Å². The van der Waals surface area contributed by atoms with E-state index in [-0.39, 0.29) is 0 Å². The molecule has 1 fully saturated rings. The molecule has 0 amide bonds. The first kappa shape index (κ1) is 20.7. The van der Waals surface area contributed by atoms with Crippen molar-refractivity contribution in [3.63, 3.8) is 0 Å². The van der Waals surface area contributed by atoms with Gasteiger partial charge in [0.25, 0.3) is 0 Å². The van der Waals surface area contributed by atoms with E-state index >= 15 is 0 Å². The SMILES string of the molecule is CCNC(=NCc1ccccc1CN1CCC(C)CC1)NCCOCC. The summed E-state index contributed by atoms with van der Waals surface area (Å²) in [5.74, 6) is 1.73. The molecular weight excluding hydrogens is 324 g/mol. The van der Waals surface area contributed by atoms with Crippen molar-refractivity contribution in [3.05, 3.63) is 35.4 Å². The zero-order valence-corrected chi connectivity index (χ0v) is 16.8. The quantitative estimate of drug-likeness (QED) is 0.404. The van der Waals surface area contributed by atoms with Crippen LogP contribution in [0, 0.1) is 5.92 Å². The second kappa shape index (κ2) is 11.9. The topological polar surface area (TPSA) is 48.9 Å². The van der Waals surface area contributed by atoms with Crippen molar-refractivity contribution in [1.29, 1.82) is 0 Å².